The molecule has 21 heavy (non-hydrogen) atoms. The lowest BCUT2D eigenvalue weighted by Gasteiger charge is -2.08. The third-order valence-electron chi connectivity index (χ3n) is 3.33. The van der Waals surface area contributed by atoms with Crippen molar-refractivity contribution in [2.24, 2.45) is 0 Å². The number of ketones is 1. The molecule has 1 nitrogen and oxygen atoms in total. The Morgan fingerprint density at radius 3 is 2.48 bits per heavy atom. The highest BCUT2D eigenvalue weighted by Gasteiger charge is 2.30. The van der Waals surface area contributed by atoms with Gasteiger partial charge in [-0.05, 0) is 35.9 Å². The van der Waals surface area contributed by atoms with Crippen LogP contribution in [0.15, 0.2) is 30.3 Å². The first-order valence-electron chi connectivity index (χ1n) is 6.36. The molecule has 2 heterocycles. The molecule has 0 radical (unpaired) electrons. The summed E-state index contributed by atoms with van der Waals surface area (Å²) < 4.78 is 37.5. The van der Waals surface area contributed by atoms with Crippen molar-refractivity contribution in [3.63, 3.8) is 0 Å². The molecule has 1 aromatic carbocycles. The molecule has 0 N–H and O–H groups in total. The van der Waals surface area contributed by atoms with Gasteiger partial charge in [0.15, 0.2) is 0 Å². The Balaban J connectivity index is 1.86. The van der Waals surface area contributed by atoms with Gasteiger partial charge in [0.25, 0.3) is 0 Å². The second-order valence-electron chi connectivity index (χ2n) is 4.77. The minimum atomic E-state index is -4.37. The van der Waals surface area contributed by atoms with E-state index in [1.54, 1.807) is 0 Å². The van der Waals surface area contributed by atoms with E-state index in [2.05, 4.69) is 0 Å². The molecule has 2 aromatic rings. The van der Waals surface area contributed by atoms with E-state index in [1.165, 1.54) is 33.9 Å². The smallest absolute Gasteiger partial charge is 0.288 e. The van der Waals surface area contributed by atoms with Gasteiger partial charge in [0, 0.05) is 16.2 Å². The number of hydrogen-bond acceptors (Lipinski definition) is 3. The summed E-state index contributed by atoms with van der Waals surface area (Å²) in [6, 6.07) is 6.29. The minimum absolute atomic E-state index is 0.201. The zero-order valence-corrected chi connectivity index (χ0v) is 12.5. The SMILES string of the molecule is O=C(c1ccc(C(F)(F)F)cc1)c1cc2c(s1)CCSC2. The number of carbonyl (C=O) groups is 1. The van der Waals surface area contributed by atoms with Gasteiger partial charge in [-0.1, -0.05) is 12.1 Å². The molecule has 0 bridgehead atoms. The molecule has 0 saturated heterocycles. The number of halogens is 3. The van der Waals surface area contributed by atoms with E-state index in [1.807, 2.05) is 17.8 Å². The average Bonchev–Trinajstić information content (AvgIpc) is 2.89. The summed E-state index contributed by atoms with van der Waals surface area (Å²) in [5, 5.41) is 0. The van der Waals surface area contributed by atoms with Gasteiger partial charge in [0.2, 0.25) is 5.78 Å². The maximum absolute atomic E-state index is 12.5. The summed E-state index contributed by atoms with van der Waals surface area (Å²) in [7, 11) is 0. The number of benzene rings is 1. The van der Waals surface area contributed by atoms with Crippen LogP contribution in [-0.4, -0.2) is 11.5 Å². The molecule has 0 atom stereocenters. The molecule has 0 aliphatic carbocycles. The molecular formula is C15H11F3OS2. The van der Waals surface area contributed by atoms with E-state index < -0.39 is 11.7 Å². The highest BCUT2D eigenvalue weighted by molar-refractivity contribution is 7.98. The number of rotatable bonds is 2. The van der Waals surface area contributed by atoms with Crippen molar-refractivity contribution >= 4 is 28.9 Å². The van der Waals surface area contributed by atoms with Crippen LogP contribution in [0.5, 0.6) is 0 Å². The molecule has 1 aliphatic rings. The van der Waals surface area contributed by atoms with Crippen molar-refractivity contribution in [2.45, 2.75) is 18.3 Å². The molecule has 0 amide bonds. The lowest BCUT2D eigenvalue weighted by molar-refractivity contribution is -0.137. The van der Waals surface area contributed by atoms with Crippen molar-refractivity contribution in [3.05, 3.63) is 56.8 Å². The van der Waals surface area contributed by atoms with Crippen LogP contribution >= 0.6 is 23.1 Å². The Hall–Kier alpha value is -1.27. The number of alkyl halides is 3. The first kappa shape index (κ1) is 14.7. The van der Waals surface area contributed by atoms with E-state index in [0.29, 0.717) is 10.4 Å². The topological polar surface area (TPSA) is 17.1 Å². The van der Waals surface area contributed by atoms with Crippen molar-refractivity contribution < 1.29 is 18.0 Å². The van der Waals surface area contributed by atoms with Gasteiger partial charge in [-0.2, -0.15) is 24.9 Å². The second kappa shape index (κ2) is 5.50. The highest BCUT2D eigenvalue weighted by atomic mass is 32.2. The zero-order valence-electron chi connectivity index (χ0n) is 10.9. The Morgan fingerprint density at radius 1 is 1.14 bits per heavy atom. The van der Waals surface area contributed by atoms with Crippen LogP contribution < -0.4 is 0 Å². The molecule has 6 heteroatoms. The average molecular weight is 328 g/mol. The molecule has 0 unspecified atom stereocenters. The molecule has 1 aromatic heterocycles. The maximum atomic E-state index is 12.5. The first-order valence-corrected chi connectivity index (χ1v) is 8.33. The van der Waals surface area contributed by atoms with Gasteiger partial charge in [0.1, 0.15) is 0 Å². The van der Waals surface area contributed by atoms with Crippen LogP contribution in [0, 0.1) is 0 Å². The van der Waals surface area contributed by atoms with Gasteiger partial charge >= 0.3 is 6.18 Å². The largest absolute Gasteiger partial charge is 0.416 e. The van der Waals surface area contributed by atoms with Crippen molar-refractivity contribution in [3.8, 4) is 0 Å². The molecular weight excluding hydrogens is 317 g/mol. The number of carbonyl (C=O) groups excluding carboxylic acids is 1. The Morgan fingerprint density at radius 2 is 1.86 bits per heavy atom. The zero-order chi connectivity index (χ0) is 15.0. The minimum Gasteiger partial charge on any atom is -0.288 e. The van der Waals surface area contributed by atoms with E-state index in [-0.39, 0.29) is 5.78 Å². The molecule has 0 saturated carbocycles. The third-order valence-corrected chi connectivity index (χ3v) is 5.57. The number of thioether (sulfide) groups is 1. The fourth-order valence-electron chi connectivity index (χ4n) is 2.21. The monoisotopic (exact) mass is 328 g/mol. The summed E-state index contributed by atoms with van der Waals surface area (Å²) in [6.07, 6.45) is -3.41. The highest BCUT2D eigenvalue weighted by Crippen LogP contribution is 2.33. The van der Waals surface area contributed by atoms with Gasteiger partial charge in [0.05, 0.1) is 10.4 Å². The quantitative estimate of drug-likeness (QED) is 0.738. The van der Waals surface area contributed by atoms with Crippen LogP contribution in [0.1, 0.15) is 31.2 Å². The molecule has 3 rings (SSSR count). The predicted octanol–water partition coefficient (Wildman–Crippen LogP) is 4.79. The van der Waals surface area contributed by atoms with Crippen LogP contribution in [0.3, 0.4) is 0 Å². The Bertz CT molecular complexity index is 648. The van der Waals surface area contributed by atoms with E-state index in [4.69, 9.17) is 0 Å². The van der Waals surface area contributed by atoms with Crippen LogP contribution in [0.4, 0.5) is 13.2 Å². The second-order valence-corrected chi connectivity index (χ2v) is 7.01. The van der Waals surface area contributed by atoms with E-state index in [0.717, 1.165) is 30.1 Å². The van der Waals surface area contributed by atoms with Gasteiger partial charge in [-0.15, -0.1) is 11.3 Å². The van der Waals surface area contributed by atoms with Gasteiger partial charge in [-0.3, -0.25) is 4.79 Å². The Labute approximate surface area is 128 Å². The number of thiophene rings is 1. The summed E-state index contributed by atoms with van der Waals surface area (Å²) in [6.45, 7) is 0. The number of fused-ring (bicyclic) bond motifs is 1. The lowest BCUT2D eigenvalue weighted by atomic mass is 10.1. The lowest BCUT2D eigenvalue weighted by Crippen LogP contribution is -2.06. The van der Waals surface area contributed by atoms with Gasteiger partial charge in [-0.25, -0.2) is 0 Å². The van der Waals surface area contributed by atoms with Crippen LogP contribution in [0.2, 0.25) is 0 Å². The van der Waals surface area contributed by atoms with Crippen molar-refractivity contribution in [1.82, 2.24) is 0 Å². The van der Waals surface area contributed by atoms with Crippen LogP contribution in [-0.2, 0) is 18.3 Å². The first-order chi connectivity index (χ1) is 9.95. The molecule has 1 aliphatic heterocycles. The summed E-state index contributed by atoms with van der Waals surface area (Å²) in [5.41, 5.74) is 0.752. The predicted molar refractivity (Wildman–Crippen MR) is 79.1 cm³/mol. The molecule has 110 valence electrons. The summed E-state index contributed by atoms with van der Waals surface area (Å²) in [4.78, 5) is 14.2. The number of aryl methyl sites for hydroxylation is 1. The van der Waals surface area contributed by atoms with Crippen molar-refractivity contribution in [2.75, 3.05) is 5.75 Å². The fraction of sp³-hybridized carbons (Fsp3) is 0.267. The third kappa shape index (κ3) is 3.01. The van der Waals surface area contributed by atoms with Gasteiger partial charge < -0.3 is 0 Å². The van der Waals surface area contributed by atoms with E-state index >= 15 is 0 Å². The van der Waals surface area contributed by atoms with Crippen molar-refractivity contribution in [1.29, 1.82) is 0 Å². The van der Waals surface area contributed by atoms with Crippen LogP contribution in [0.25, 0.3) is 0 Å². The number of hydrogen-bond donors (Lipinski definition) is 0. The summed E-state index contributed by atoms with van der Waals surface area (Å²) >= 11 is 3.30. The standard InChI is InChI=1S/C15H11F3OS2/c16-15(17,18)11-3-1-9(2-4-11)14(19)13-7-10-8-20-6-5-12(10)21-13/h1-4,7H,5-6,8H2. The Kier molecular flexibility index (Phi) is 3.84. The maximum Gasteiger partial charge on any atom is 0.416 e. The fourth-order valence-corrected chi connectivity index (χ4v) is 4.55. The summed E-state index contributed by atoms with van der Waals surface area (Å²) in [5.74, 6) is 1.77. The van der Waals surface area contributed by atoms with E-state index in [9.17, 15) is 18.0 Å². The molecule has 0 fully saturated rings. The molecule has 0 spiro atoms. The normalized spacial score (nSPS) is 14.8.